The fraction of sp³-hybridized carbons (Fsp3) is 0.667. The Balaban J connectivity index is 2.57. The molecule has 0 fully saturated rings. The maximum absolute atomic E-state index is 12.4. The van der Waals surface area contributed by atoms with Crippen LogP contribution in [0.5, 0.6) is 0 Å². The Bertz CT molecular complexity index is 770. The lowest BCUT2D eigenvalue weighted by Gasteiger charge is -2.11. The van der Waals surface area contributed by atoms with E-state index in [4.69, 9.17) is 0 Å². The van der Waals surface area contributed by atoms with Gasteiger partial charge >= 0.3 is 5.69 Å². The lowest BCUT2D eigenvalue weighted by Crippen LogP contribution is -2.33. The average molecular weight is 324 g/mol. The van der Waals surface area contributed by atoms with E-state index in [1.54, 1.807) is 11.8 Å². The normalized spacial score (nSPS) is 12.0. The second kappa shape index (κ2) is 6.73. The van der Waals surface area contributed by atoms with E-state index in [1.165, 1.54) is 7.05 Å². The van der Waals surface area contributed by atoms with Gasteiger partial charge in [0.1, 0.15) is 0 Å². The summed E-state index contributed by atoms with van der Waals surface area (Å²) < 4.78 is 3.06. The second-order valence-corrected chi connectivity index (χ2v) is 7.41. The molecule has 0 aliphatic heterocycles. The number of hydrogen-bond donors (Lipinski definition) is 1. The molecule has 2 aromatic rings. The maximum Gasteiger partial charge on any atom is 0.329 e. The molecule has 2 aromatic heterocycles. The lowest BCUT2D eigenvalue weighted by molar-refractivity contribution is 0.502. The standard InChI is InChI=1S/C15H24N4O2S/c1-9(2)6-7-19-11-12(16-14(21)18(5)13(11)20)17-15(19)22-8-10(3)4/h9-10H,6-8H2,1-5H3,(H,16,21). The third-order valence-electron chi connectivity index (χ3n) is 3.45. The third-order valence-corrected chi connectivity index (χ3v) is 4.85. The highest BCUT2D eigenvalue weighted by Crippen LogP contribution is 2.23. The van der Waals surface area contributed by atoms with Gasteiger partial charge in [-0.15, -0.1) is 0 Å². The van der Waals surface area contributed by atoms with Crippen LogP contribution >= 0.6 is 11.8 Å². The van der Waals surface area contributed by atoms with Crippen molar-refractivity contribution in [3.63, 3.8) is 0 Å². The topological polar surface area (TPSA) is 72.7 Å². The summed E-state index contributed by atoms with van der Waals surface area (Å²) in [6.07, 6.45) is 0.961. The van der Waals surface area contributed by atoms with Crippen molar-refractivity contribution in [1.29, 1.82) is 0 Å². The van der Waals surface area contributed by atoms with Gasteiger partial charge in [-0.2, -0.15) is 0 Å². The lowest BCUT2D eigenvalue weighted by atomic mass is 10.1. The van der Waals surface area contributed by atoms with Gasteiger partial charge in [-0.3, -0.25) is 14.3 Å². The zero-order valence-corrected chi connectivity index (χ0v) is 14.7. The van der Waals surface area contributed by atoms with Crippen LogP contribution in [0.25, 0.3) is 11.2 Å². The van der Waals surface area contributed by atoms with E-state index in [0.29, 0.717) is 23.0 Å². The van der Waals surface area contributed by atoms with Crippen LogP contribution < -0.4 is 11.2 Å². The van der Waals surface area contributed by atoms with E-state index in [2.05, 4.69) is 37.7 Å². The summed E-state index contributed by atoms with van der Waals surface area (Å²) in [5.41, 5.74) is 0.176. The molecule has 2 heterocycles. The van der Waals surface area contributed by atoms with Gasteiger partial charge in [0.25, 0.3) is 5.56 Å². The average Bonchev–Trinajstić information content (AvgIpc) is 2.78. The predicted molar refractivity (Wildman–Crippen MR) is 90.6 cm³/mol. The number of thioether (sulfide) groups is 1. The minimum Gasteiger partial charge on any atom is -0.313 e. The van der Waals surface area contributed by atoms with E-state index in [9.17, 15) is 9.59 Å². The molecule has 0 aromatic carbocycles. The molecule has 122 valence electrons. The number of H-pyrrole nitrogens is 1. The first-order valence-electron chi connectivity index (χ1n) is 7.63. The van der Waals surface area contributed by atoms with Crippen LogP contribution in [0.2, 0.25) is 0 Å². The van der Waals surface area contributed by atoms with Gasteiger partial charge in [0.05, 0.1) is 0 Å². The molecule has 22 heavy (non-hydrogen) atoms. The summed E-state index contributed by atoms with van der Waals surface area (Å²) in [7, 11) is 1.49. The number of aromatic amines is 1. The molecule has 2 rings (SSSR count). The first-order chi connectivity index (χ1) is 10.3. The van der Waals surface area contributed by atoms with E-state index in [-0.39, 0.29) is 5.56 Å². The molecule has 6 nitrogen and oxygen atoms in total. The van der Waals surface area contributed by atoms with Gasteiger partial charge in [-0.05, 0) is 18.3 Å². The molecule has 0 saturated carbocycles. The SMILES string of the molecule is CC(C)CCn1c(SCC(C)C)nc2[nH]c(=O)n(C)c(=O)c21. The van der Waals surface area contributed by atoms with Crippen molar-refractivity contribution in [1.82, 2.24) is 19.1 Å². The van der Waals surface area contributed by atoms with Crippen LogP contribution in [0.15, 0.2) is 14.7 Å². The number of hydrogen-bond acceptors (Lipinski definition) is 4. The highest BCUT2D eigenvalue weighted by molar-refractivity contribution is 7.99. The molecule has 7 heteroatoms. The summed E-state index contributed by atoms with van der Waals surface area (Å²) in [4.78, 5) is 31.4. The molecule has 0 unspecified atom stereocenters. The summed E-state index contributed by atoms with van der Waals surface area (Å²) in [5.74, 6) is 1.99. The van der Waals surface area contributed by atoms with E-state index in [1.807, 2.05) is 4.57 Å². The highest BCUT2D eigenvalue weighted by atomic mass is 32.2. The second-order valence-electron chi connectivity index (χ2n) is 6.42. The number of aromatic nitrogens is 4. The van der Waals surface area contributed by atoms with Crippen molar-refractivity contribution in [2.45, 2.75) is 45.8 Å². The number of aryl methyl sites for hydroxylation is 1. The van der Waals surface area contributed by atoms with E-state index < -0.39 is 5.69 Å². The first kappa shape index (κ1) is 16.9. The van der Waals surface area contributed by atoms with Gasteiger partial charge in [-0.1, -0.05) is 39.5 Å². The summed E-state index contributed by atoms with van der Waals surface area (Å²) in [6.45, 7) is 9.33. The number of rotatable bonds is 6. The van der Waals surface area contributed by atoms with Crippen molar-refractivity contribution in [3.05, 3.63) is 20.8 Å². The van der Waals surface area contributed by atoms with E-state index >= 15 is 0 Å². The Labute approximate surface area is 133 Å². The van der Waals surface area contributed by atoms with Crippen molar-refractivity contribution in [2.24, 2.45) is 18.9 Å². The molecule has 0 spiro atoms. The third kappa shape index (κ3) is 3.45. The molecule has 0 saturated heterocycles. The Hall–Kier alpha value is -1.50. The molecular weight excluding hydrogens is 300 g/mol. The van der Waals surface area contributed by atoms with Gasteiger partial charge < -0.3 is 4.57 Å². The van der Waals surface area contributed by atoms with Gasteiger partial charge in [-0.25, -0.2) is 9.78 Å². The van der Waals surface area contributed by atoms with Crippen LogP contribution in [0.4, 0.5) is 0 Å². The van der Waals surface area contributed by atoms with E-state index in [0.717, 1.165) is 28.4 Å². The minimum absolute atomic E-state index is 0.286. The molecular formula is C15H24N4O2S. The summed E-state index contributed by atoms with van der Waals surface area (Å²) >= 11 is 1.63. The van der Waals surface area contributed by atoms with Crippen LogP contribution in [-0.2, 0) is 13.6 Å². The Morgan fingerprint density at radius 2 is 1.86 bits per heavy atom. The Morgan fingerprint density at radius 3 is 2.45 bits per heavy atom. The van der Waals surface area contributed by atoms with Gasteiger partial charge in [0.2, 0.25) is 0 Å². The Kier molecular flexibility index (Phi) is 5.16. The molecule has 1 N–H and O–H groups in total. The van der Waals surface area contributed by atoms with Crippen molar-refractivity contribution in [2.75, 3.05) is 5.75 Å². The molecule has 0 aliphatic rings. The van der Waals surface area contributed by atoms with Gasteiger partial charge in [0, 0.05) is 19.3 Å². The number of fused-ring (bicyclic) bond motifs is 1. The molecule has 0 amide bonds. The zero-order valence-electron chi connectivity index (χ0n) is 13.8. The van der Waals surface area contributed by atoms with Crippen molar-refractivity contribution < 1.29 is 0 Å². The zero-order chi connectivity index (χ0) is 16.4. The number of imidazole rings is 1. The number of nitrogens with one attached hydrogen (secondary N) is 1. The van der Waals surface area contributed by atoms with Gasteiger partial charge in [0.15, 0.2) is 16.3 Å². The molecule has 0 aliphatic carbocycles. The molecule has 0 atom stereocenters. The fourth-order valence-corrected chi connectivity index (χ4v) is 3.10. The summed E-state index contributed by atoms with van der Waals surface area (Å²) in [5, 5.41) is 0.809. The van der Waals surface area contributed by atoms with Crippen molar-refractivity contribution >= 4 is 22.9 Å². The predicted octanol–water partition coefficient (Wildman–Crippen LogP) is 2.22. The first-order valence-corrected chi connectivity index (χ1v) is 8.62. The minimum atomic E-state index is -0.425. The van der Waals surface area contributed by atoms with Crippen LogP contribution in [0, 0.1) is 11.8 Å². The monoisotopic (exact) mass is 324 g/mol. The fourth-order valence-electron chi connectivity index (χ4n) is 2.12. The maximum atomic E-state index is 12.4. The quantitative estimate of drug-likeness (QED) is 0.827. The van der Waals surface area contributed by atoms with Crippen molar-refractivity contribution in [3.8, 4) is 0 Å². The summed E-state index contributed by atoms with van der Waals surface area (Å²) in [6, 6.07) is 0. The smallest absolute Gasteiger partial charge is 0.313 e. The highest BCUT2D eigenvalue weighted by Gasteiger charge is 2.17. The van der Waals surface area contributed by atoms with Crippen LogP contribution in [0.3, 0.4) is 0 Å². The van der Waals surface area contributed by atoms with Crippen LogP contribution in [0.1, 0.15) is 34.1 Å². The largest absolute Gasteiger partial charge is 0.329 e. The number of nitrogens with zero attached hydrogens (tertiary/aromatic N) is 3. The molecule has 0 radical (unpaired) electrons. The Morgan fingerprint density at radius 1 is 1.18 bits per heavy atom. The molecule has 0 bridgehead atoms. The van der Waals surface area contributed by atoms with Crippen LogP contribution in [-0.4, -0.2) is 24.9 Å².